The van der Waals surface area contributed by atoms with Crippen molar-refractivity contribution in [1.29, 1.82) is 10.5 Å². The molecule has 0 spiro atoms. The van der Waals surface area contributed by atoms with Crippen molar-refractivity contribution in [2.45, 2.75) is 76.1 Å². The van der Waals surface area contributed by atoms with E-state index in [1.165, 1.54) is 24.3 Å². The molecule has 0 saturated heterocycles. The van der Waals surface area contributed by atoms with Gasteiger partial charge in [-0.2, -0.15) is 47.1 Å². The molecule has 10 rings (SSSR count). The predicted octanol–water partition coefficient (Wildman–Crippen LogP) is 11.7. The number of halogens is 8. The number of ketones is 2. The van der Waals surface area contributed by atoms with Crippen molar-refractivity contribution in [1.82, 2.24) is 30.2 Å². The van der Waals surface area contributed by atoms with E-state index in [0.717, 1.165) is 59.3 Å². The Kier molecular flexibility index (Phi) is 17.7. The molecule has 0 amide bonds. The van der Waals surface area contributed by atoms with E-state index >= 15 is 8.78 Å². The SMILES string of the molecule is N#Cc1cccc(C(NCC2CC2)c2ccc(F)c(CC(=O)c3cc(C(F)(F)F)nn3-c3cccc(CN)c3)c2)c1.N#Cc1cccc([C@@H](NCC2CC2)c2ccc(F)c(CC(=O)c3cc(C(F)(F)F)nn3-c3cccc(CN)c3)c2)c1. The second-order valence-corrected chi connectivity index (χ2v) is 20.3. The van der Waals surface area contributed by atoms with Crippen LogP contribution in [0.15, 0.2) is 146 Å². The summed E-state index contributed by atoms with van der Waals surface area (Å²) in [6.45, 7) is 1.76. The van der Waals surface area contributed by atoms with Gasteiger partial charge in [-0.25, -0.2) is 18.1 Å². The van der Waals surface area contributed by atoms with Crippen LogP contribution in [-0.4, -0.2) is 44.2 Å². The van der Waals surface area contributed by atoms with Gasteiger partial charge in [0.05, 0.1) is 46.7 Å². The summed E-state index contributed by atoms with van der Waals surface area (Å²) in [5.74, 6) is -1.67. The van der Waals surface area contributed by atoms with Gasteiger partial charge in [-0.3, -0.25) is 9.59 Å². The highest BCUT2D eigenvalue weighted by molar-refractivity contribution is 5.97. The lowest BCUT2D eigenvalue weighted by Gasteiger charge is -2.21. The quantitative estimate of drug-likeness (QED) is 0.0421. The number of carbonyl (C=O) groups excluding carboxylic acids is 2. The second kappa shape index (κ2) is 25.0. The first-order valence-electron chi connectivity index (χ1n) is 26.4. The summed E-state index contributed by atoms with van der Waals surface area (Å²) in [6.07, 6.45) is -6.07. The van der Waals surface area contributed by atoms with E-state index in [1.807, 2.05) is 12.1 Å². The lowest BCUT2D eigenvalue weighted by Crippen LogP contribution is -2.25. The Morgan fingerprint density at radius 2 is 0.915 bits per heavy atom. The van der Waals surface area contributed by atoms with Gasteiger partial charge in [0, 0.05) is 38.1 Å². The van der Waals surface area contributed by atoms with E-state index in [-0.39, 0.29) is 59.1 Å². The zero-order chi connectivity index (χ0) is 58.3. The van der Waals surface area contributed by atoms with E-state index in [0.29, 0.717) is 57.3 Å². The molecular weight excluding hydrogens is 1070 g/mol. The minimum Gasteiger partial charge on any atom is -0.326 e. The molecule has 12 nitrogen and oxygen atoms in total. The molecule has 2 aliphatic carbocycles. The third-order valence-corrected chi connectivity index (χ3v) is 14.2. The van der Waals surface area contributed by atoms with Crippen LogP contribution < -0.4 is 22.1 Å². The van der Waals surface area contributed by atoms with Crippen molar-refractivity contribution in [3.05, 3.63) is 236 Å². The Labute approximate surface area is 467 Å². The van der Waals surface area contributed by atoms with Crippen molar-refractivity contribution in [3.8, 4) is 23.5 Å². The molecule has 420 valence electrons. The molecule has 2 heterocycles. The zero-order valence-corrected chi connectivity index (χ0v) is 43.9. The molecule has 6 N–H and O–H groups in total. The molecule has 20 heteroatoms. The summed E-state index contributed by atoms with van der Waals surface area (Å²) >= 11 is 0. The van der Waals surface area contributed by atoms with Gasteiger partial charge in [0.1, 0.15) is 23.0 Å². The predicted molar refractivity (Wildman–Crippen MR) is 289 cm³/mol. The average Bonchev–Trinajstić information content (AvgIpc) is 4.56. The van der Waals surface area contributed by atoms with Crippen LogP contribution in [0.3, 0.4) is 0 Å². The smallest absolute Gasteiger partial charge is 0.326 e. The number of nitrogens with zero attached hydrogens (tertiary/aromatic N) is 6. The van der Waals surface area contributed by atoms with Gasteiger partial charge in [-0.05, 0) is 156 Å². The summed E-state index contributed by atoms with van der Waals surface area (Å²) < 4.78 is 113. The largest absolute Gasteiger partial charge is 0.435 e. The fraction of sp³-hybridized carbons (Fsp3) is 0.258. The van der Waals surface area contributed by atoms with Crippen LogP contribution in [0.2, 0.25) is 0 Å². The Morgan fingerprint density at radius 1 is 0.537 bits per heavy atom. The molecule has 6 aromatic carbocycles. The number of aromatic nitrogens is 4. The van der Waals surface area contributed by atoms with Crippen LogP contribution in [0.1, 0.15) is 126 Å². The number of alkyl halides is 6. The Morgan fingerprint density at radius 3 is 1.27 bits per heavy atom. The Bertz CT molecular complexity index is 3480. The lowest BCUT2D eigenvalue weighted by molar-refractivity contribution is -0.142. The van der Waals surface area contributed by atoms with Crippen LogP contribution in [0.5, 0.6) is 0 Å². The van der Waals surface area contributed by atoms with Crippen molar-refractivity contribution >= 4 is 11.6 Å². The van der Waals surface area contributed by atoms with E-state index < -0.39 is 59.8 Å². The first kappa shape index (κ1) is 58.0. The molecule has 2 atom stereocenters. The number of benzene rings is 6. The Balaban J connectivity index is 0.000000198. The third-order valence-electron chi connectivity index (χ3n) is 14.2. The van der Waals surface area contributed by atoms with Crippen LogP contribution in [0, 0.1) is 46.1 Å². The van der Waals surface area contributed by atoms with Gasteiger partial charge in [-0.1, -0.05) is 72.8 Å². The minimum absolute atomic E-state index is 0.0409. The summed E-state index contributed by atoms with van der Waals surface area (Å²) in [4.78, 5) is 26.9. The number of nitrogens with two attached hydrogens (primary N) is 2. The summed E-state index contributed by atoms with van der Waals surface area (Å²) in [5, 5.41) is 33.1. The van der Waals surface area contributed by atoms with Gasteiger partial charge in [0.2, 0.25) is 0 Å². The first-order chi connectivity index (χ1) is 39.3. The standard InChI is InChI=1S/2C31H27F4N5O/c2*32-26-10-9-23(30(38-18-19-7-8-19)22-5-1-3-20(11-22)16-36)13-24(26)14-28(41)27-15-29(31(33,34)35)39-40(27)25-6-2-4-21(12-25)17-37/h2*1-6,9-13,15,19,30,38H,7-8,14,17-18,37H2/t30-;/m1./s1. The minimum atomic E-state index is -4.78. The highest BCUT2D eigenvalue weighted by Crippen LogP contribution is 2.35. The number of nitrogens with one attached hydrogen (secondary N) is 2. The van der Waals surface area contributed by atoms with Gasteiger partial charge in [-0.15, -0.1) is 0 Å². The van der Waals surface area contributed by atoms with Crippen molar-refractivity contribution in [3.63, 3.8) is 0 Å². The van der Waals surface area contributed by atoms with Crippen molar-refractivity contribution in [2.24, 2.45) is 23.3 Å². The van der Waals surface area contributed by atoms with Gasteiger partial charge in [0.25, 0.3) is 0 Å². The molecule has 0 radical (unpaired) electrons. The van der Waals surface area contributed by atoms with Gasteiger partial charge in [0.15, 0.2) is 23.0 Å². The maximum atomic E-state index is 15.0. The molecule has 0 aliphatic heterocycles. The topological polar surface area (TPSA) is 193 Å². The molecule has 1 unspecified atom stereocenters. The molecule has 2 aromatic heterocycles. The second-order valence-electron chi connectivity index (χ2n) is 20.3. The maximum Gasteiger partial charge on any atom is 0.435 e. The van der Waals surface area contributed by atoms with Crippen molar-refractivity contribution < 1.29 is 44.7 Å². The van der Waals surface area contributed by atoms with E-state index in [2.05, 4.69) is 33.0 Å². The summed E-state index contributed by atoms with van der Waals surface area (Å²) in [5.41, 5.74) is 14.0. The number of hydrogen-bond acceptors (Lipinski definition) is 10. The average molecular weight is 1120 g/mol. The molecule has 2 aliphatic rings. The number of carbonyl (C=O) groups is 2. The summed E-state index contributed by atoms with van der Waals surface area (Å²) in [7, 11) is 0. The highest BCUT2D eigenvalue weighted by Gasteiger charge is 2.38. The van der Waals surface area contributed by atoms with E-state index in [4.69, 9.17) is 11.5 Å². The number of nitriles is 2. The fourth-order valence-corrected chi connectivity index (χ4v) is 9.45. The zero-order valence-electron chi connectivity index (χ0n) is 43.9. The molecular formula is C62H54F8N10O2. The Hall–Kier alpha value is -8.66. The number of Topliss-reactive ketones (excluding diaryl/α,β-unsaturated/α-hetero) is 2. The van der Waals surface area contributed by atoms with Crippen LogP contribution in [0.4, 0.5) is 35.1 Å². The van der Waals surface area contributed by atoms with E-state index in [9.17, 15) is 46.5 Å². The number of hydrogen-bond donors (Lipinski definition) is 4. The monoisotopic (exact) mass is 1120 g/mol. The molecule has 8 aromatic rings. The molecule has 2 saturated carbocycles. The maximum absolute atomic E-state index is 15.0. The molecule has 82 heavy (non-hydrogen) atoms. The summed E-state index contributed by atoms with van der Waals surface area (Å²) in [6, 6.07) is 40.7. The van der Waals surface area contributed by atoms with Crippen LogP contribution in [-0.2, 0) is 38.3 Å². The van der Waals surface area contributed by atoms with Gasteiger partial charge < -0.3 is 22.1 Å². The molecule has 0 bridgehead atoms. The van der Waals surface area contributed by atoms with Crippen LogP contribution >= 0.6 is 0 Å². The van der Waals surface area contributed by atoms with Crippen LogP contribution in [0.25, 0.3) is 11.4 Å². The highest BCUT2D eigenvalue weighted by atomic mass is 19.4. The first-order valence-corrected chi connectivity index (χ1v) is 26.4. The fourth-order valence-electron chi connectivity index (χ4n) is 9.45. The third kappa shape index (κ3) is 14.3. The lowest BCUT2D eigenvalue weighted by atomic mass is 9.94. The number of rotatable bonds is 20. The van der Waals surface area contributed by atoms with E-state index in [1.54, 1.807) is 97.1 Å². The van der Waals surface area contributed by atoms with Gasteiger partial charge >= 0.3 is 12.4 Å². The van der Waals surface area contributed by atoms with Crippen molar-refractivity contribution in [2.75, 3.05) is 13.1 Å². The normalized spacial score (nSPS) is 14.0. The molecule has 2 fully saturated rings.